The number of hydrogen-bond donors (Lipinski definition) is 2. The summed E-state index contributed by atoms with van der Waals surface area (Å²) in [5.74, 6) is 0.600. The number of hydrazone groups is 2. The molecule has 8 nitrogen and oxygen atoms in total. The van der Waals surface area contributed by atoms with Gasteiger partial charge in [-0.25, -0.2) is 10.9 Å². The largest absolute Gasteiger partial charge is 0.497 e. The lowest BCUT2D eigenvalue weighted by atomic mass is 10.1. The molecule has 3 aromatic rings. The monoisotopic (exact) mass is 430 g/mol. The number of benzene rings is 3. The molecule has 0 heterocycles. The Balaban J connectivity index is 1.54. The fraction of sp³-hybridized carbons (Fsp3) is 0.0833. The van der Waals surface area contributed by atoms with Crippen molar-refractivity contribution in [2.75, 3.05) is 14.2 Å². The molecule has 0 unspecified atom stereocenters. The molecule has 2 amide bonds. The van der Waals surface area contributed by atoms with E-state index >= 15 is 0 Å². The molecule has 3 rings (SSSR count). The zero-order valence-corrected chi connectivity index (χ0v) is 17.6. The SMILES string of the molecule is COc1cccc(/C=N/NC(=O)c2ccc(C(=O)N/N=C/c3cccc(OC)c3)cc2)c1. The summed E-state index contributed by atoms with van der Waals surface area (Å²) in [6.45, 7) is 0. The van der Waals surface area contributed by atoms with E-state index in [1.165, 1.54) is 36.7 Å². The molecular formula is C24H22N4O4. The van der Waals surface area contributed by atoms with Crippen LogP contribution in [0.4, 0.5) is 0 Å². The molecule has 0 atom stereocenters. The molecule has 0 radical (unpaired) electrons. The molecule has 0 saturated heterocycles. The molecule has 32 heavy (non-hydrogen) atoms. The Morgan fingerprint density at radius 3 is 1.47 bits per heavy atom. The molecule has 0 aliphatic rings. The summed E-state index contributed by atoms with van der Waals surface area (Å²) in [5.41, 5.74) is 7.20. The molecule has 0 aromatic heterocycles. The van der Waals surface area contributed by atoms with Crippen LogP contribution in [0.25, 0.3) is 0 Å². The smallest absolute Gasteiger partial charge is 0.271 e. The van der Waals surface area contributed by atoms with Gasteiger partial charge in [0.25, 0.3) is 11.8 Å². The van der Waals surface area contributed by atoms with E-state index in [9.17, 15) is 9.59 Å². The number of rotatable bonds is 8. The first kappa shape index (κ1) is 22.2. The summed E-state index contributed by atoms with van der Waals surface area (Å²) in [6.07, 6.45) is 3.03. The number of carbonyl (C=O) groups is 2. The van der Waals surface area contributed by atoms with E-state index in [1.54, 1.807) is 26.4 Å². The number of nitrogens with one attached hydrogen (secondary N) is 2. The molecule has 162 valence electrons. The Kier molecular flexibility index (Phi) is 7.69. The second-order valence-electron chi connectivity index (χ2n) is 6.53. The summed E-state index contributed by atoms with van der Waals surface area (Å²) in [5, 5.41) is 7.89. The number of amides is 2. The van der Waals surface area contributed by atoms with Crippen LogP contribution < -0.4 is 20.3 Å². The lowest BCUT2D eigenvalue weighted by Gasteiger charge is -2.03. The normalized spacial score (nSPS) is 10.8. The first-order valence-electron chi connectivity index (χ1n) is 9.64. The highest BCUT2D eigenvalue weighted by atomic mass is 16.5. The standard InChI is InChI=1S/C24H22N4O4/c1-31-21-7-3-5-17(13-21)15-25-27-23(29)19-9-11-20(12-10-19)24(30)28-26-16-18-6-4-8-22(14-18)32-2/h3-16H,1-2H3,(H,27,29)(H,28,30)/b25-15+,26-16+. The lowest BCUT2D eigenvalue weighted by molar-refractivity contribution is 0.0943. The predicted molar refractivity (Wildman–Crippen MR) is 123 cm³/mol. The van der Waals surface area contributed by atoms with Crippen molar-refractivity contribution in [2.24, 2.45) is 10.2 Å². The quantitative estimate of drug-likeness (QED) is 0.423. The summed E-state index contributed by atoms with van der Waals surface area (Å²) in [7, 11) is 3.16. The van der Waals surface area contributed by atoms with Crippen molar-refractivity contribution in [3.05, 3.63) is 95.1 Å². The number of ether oxygens (including phenoxy) is 2. The molecular weight excluding hydrogens is 408 g/mol. The molecule has 8 heteroatoms. The third kappa shape index (κ3) is 6.27. The Labute approximate surface area is 185 Å². The summed E-state index contributed by atoms with van der Waals surface area (Å²) < 4.78 is 10.3. The maximum atomic E-state index is 12.2. The number of nitrogens with zero attached hydrogens (tertiary/aromatic N) is 2. The molecule has 3 aromatic carbocycles. The highest BCUT2D eigenvalue weighted by Crippen LogP contribution is 2.11. The van der Waals surface area contributed by atoms with E-state index in [1.807, 2.05) is 36.4 Å². The minimum absolute atomic E-state index is 0.365. The molecule has 0 saturated carbocycles. The van der Waals surface area contributed by atoms with E-state index in [4.69, 9.17) is 9.47 Å². The van der Waals surface area contributed by atoms with Gasteiger partial charge >= 0.3 is 0 Å². The lowest BCUT2D eigenvalue weighted by Crippen LogP contribution is -2.19. The maximum absolute atomic E-state index is 12.2. The highest BCUT2D eigenvalue weighted by Gasteiger charge is 2.08. The van der Waals surface area contributed by atoms with Gasteiger partial charge in [0.15, 0.2) is 0 Å². The van der Waals surface area contributed by atoms with Gasteiger partial charge in [-0.05, 0) is 59.7 Å². The first-order chi connectivity index (χ1) is 15.6. The van der Waals surface area contributed by atoms with Crippen molar-refractivity contribution in [1.82, 2.24) is 10.9 Å². The van der Waals surface area contributed by atoms with Crippen LogP contribution >= 0.6 is 0 Å². The van der Waals surface area contributed by atoms with Crippen LogP contribution in [0.2, 0.25) is 0 Å². The second kappa shape index (κ2) is 11.1. The van der Waals surface area contributed by atoms with Crippen LogP contribution in [-0.2, 0) is 0 Å². The minimum atomic E-state index is -0.396. The number of methoxy groups -OCH3 is 2. The Hall–Kier alpha value is -4.46. The Bertz CT molecular complexity index is 1050. The second-order valence-corrected chi connectivity index (χ2v) is 6.53. The van der Waals surface area contributed by atoms with Crippen molar-refractivity contribution in [3.8, 4) is 11.5 Å². The summed E-state index contributed by atoms with van der Waals surface area (Å²) in [6, 6.07) is 20.7. The van der Waals surface area contributed by atoms with Gasteiger partial charge in [0.1, 0.15) is 11.5 Å². The maximum Gasteiger partial charge on any atom is 0.271 e. The number of carbonyl (C=O) groups excluding carboxylic acids is 2. The average Bonchev–Trinajstić information content (AvgIpc) is 2.84. The zero-order valence-electron chi connectivity index (χ0n) is 17.6. The van der Waals surface area contributed by atoms with E-state index in [0.717, 1.165) is 11.1 Å². The van der Waals surface area contributed by atoms with Crippen LogP contribution in [0.15, 0.2) is 83.0 Å². The molecule has 0 bridgehead atoms. The van der Waals surface area contributed by atoms with Crippen LogP contribution in [0.5, 0.6) is 11.5 Å². The third-order valence-corrected chi connectivity index (χ3v) is 4.36. The van der Waals surface area contributed by atoms with Crippen molar-refractivity contribution in [2.45, 2.75) is 0 Å². The minimum Gasteiger partial charge on any atom is -0.497 e. The van der Waals surface area contributed by atoms with Gasteiger partial charge in [-0.3, -0.25) is 9.59 Å². The molecule has 0 aliphatic carbocycles. The highest BCUT2D eigenvalue weighted by molar-refractivity contribution is 5.98. The van der Waals surface area contributed by atoms with E-state index in [2.05, 4.69) is 21.1 Å². The van der Waals surface area contributed by atoms with Gasteiger partial charge in [-0.2, -0.15) is 10.2 Å². The van der Waals surface area contributed by atoms with Crippen molar-refractivity contribution in [1.29, 1.82) is 0 Å². The molecule has 0 spiro atoms. The van der Waals surface area contributed by atoms with Gasteiger partial charge in [-0.1, -0.05) is 24.3 Å². The van der Waals surface area contributed by atoms with Crippen LogP contribution in [0, 0.1) is 0 Å². The molecule has 0 aliphatic heterocycles. The van der Waals surface area contributed by atoms with E-state index in [0.29, 0.717) is 22.6 Å². The average molecular weight is 430 g/mol. The topological polar surface area (TPSA) is 101 Å². The summed E-state index contributed by atoms with van der Waals surface area (Å²) >= 11 is 0. The summed E-state index contributed by atoms with van der Waals surface area (Å²) in [4.78, 5) is 24.5. The predicted octanol–water partition coefficient (Wildman–Crippen LogP) is 3.23. The fourth-order valence-electron chi connectivity index (χ4n) is 2.68. The Morgan fingerprint density at radius 2 is 1.09 bits per heavy atom. The van der Waals surface area contributed by atoms with Crippen LogP contribution in [-0.4, -0.2) is 38.5 Å². The van der Waals surface area contributed by atoms with Gasteiger partial charge in [-0.15, -0.1) is 0 Å². The Morgan fingerprint density at radius 1 is 0.688 bits per heavy atom. The van der Waals surface area contributed by atoms with Gasteiger partial charge in [0, 0.05) is 11.1 Å². The van der Waals surface area contributed by atoms with E-state index < -0.39 is 11.8 Å². The first-order valence-corrected chi connectivity index (χ1v) is 9.64. The molecule has 0 fully saturated rings. The zero-order chi connectivity index (χ0) is 22.8. The van der Waals surface area contributed by atoms with Gasteiger partial charge in [0.2, 0.25) is 0 Å². The van der Waals surface area contributed by atoms with Gasteiger partial charge in [0.05, 0.1) is 26.6 Å². The third-order valence-electron chi connectivity index (χ3n) is 4.36. The fourth-order valence-corrected chi connectivity index (χ4v) is 2.68. The van der Waals surface area contributed by atoms with Gasteiger partial charge < -0.3 is 9.47 Å². The van der Waals surface area contributed by atoms with Crippen molar-refractivity contribution < 1.29 is 19.1 Å². The van der Waals surface area contributed by atoms with Crippen LogP contribution in [0.3, 0.4) is 0 Å². The molecule has 2 N–H and O–H groups in total. The van der Waals surface area contributed by atoms with Crippen molar-refractivity contribution in [3.63, 3.8) is 0 Å². The van der Waals surface area contributed by atoms with Crippen LogP contribution in [0.1, 0.15) is 31.8 Å². The van der Waals surface area contributed by atoms with E-state index in [-0.39, 0.29) is 0 Å². The van der Waals surface area contributed by atoms with Crippen molar-refractivity contribution >= 4 is 24.2 Å². The number of hydrogen-bond acceptors (Lipinski definition) is 6.